The van der Waals surface area contributed by atoms with Crippen molar-refractivity contribution in [3.05, 3.63) is 58.7 Å². The summed E-state index contributed by atoms with van der Waals surface area (Å²) in [5.74, 6) is 0. The lowest BCUT2D eigenvalue weighted by molar-refractivity contribution is 1.11. The molecular weight excluding hydrogens is 256 g/mol. The van der Waals surface area contributed by atoms with E-state index in [0.717, 1.165) is 19.5 Å². The lowest BCUT2D eigenvalue weighted by Crippen LogP contribution is -2.12. The van der Waals surface area contributed by atoms with E-state index in [-0.39, 0.29) is 0 Å². The van der Waals surface area contributed by atoms with Gasteiger partial charge in [-0.05, 0) is 73.2 Å². The third-order valence-electron chi connectivity index (χ3n) is 3.68. The molecule has 21 heavy (non-hydrogen) atoms. The minimum Gasteiger partial charge on any atom is -0.368 e. The summed E-state index contributed by atoms with van der Waals surface area (Å²) in [4.78, 5) is 0. The fourth-order valence-electron chi connectivity index (χ4n) is 2.59. The van der Waals surface area contributed by atoms with Crippen molar-refractivity contribution < 1.29 is 0 Å². The Morgan fingerprint density at radius 2 is 1.10 bits per heavy atom. The third kappa shape index (κ3) is 4.52. The van der Waals surface area contributed by atoms with Gasteiger partial charge in [0.05, 0.1) is 6.67 Å². The van der Waals surface area contributed by atoms with Gasteiger partial charge in [-0.1, -0.05) is 26.0 Å². The first-order valence-corrected chi connectivity index (χ1v) is 7.79. The summed E-state index contributed by atoms with van der Waals surface area (Å²) in [6.07, 6.45) is 2.14. The lowest BCUT2D eigenvalue weighted by Gasteiger charge is -2.13. The topological polar surface area (TPSA) is 24.1 Å². The number of hydrogen-bond acceptors (Lipinski definition) is 2. The molecule has 0 fully saturated rings. The molecule has 2 aromatic carbocycles. The largest absolute Gasteiger partial charge is 0.368 e. The van der Waals surface area contributed by atoms with Gasteiger partial charge >= 0.3 is 0 Å². The van der Waals surface area contributed by atoms with E-state index in [0.29, 0.717) is 0 Å². The highest BCUT2D eigenvalue weighted by Gasteiger charge is 1.99. The van der Waals surface area contributed by atoms with Gasteiger partial charge in [-0.2, -0.15) is 0 Å². The van der Waals surface area contributed by atoms with E-state index in [1.54, 1.807) is 0 Å². The van der Waals surface area contributed by atoms with Crippen molar-refractivity contribution in [2.24, 2.45) is 0 Å². The highest BCUT2D eigenvalue weighted by atomic mass is 15.1. The molecule has 0 spiro atoms. The van der Waals surface area contributed by atoms with Crippen LogP contribution >= 0.6 is 0 Å². The number of nitrogens with one attached hydrogen (secondary N) is 2. The maximum absolute atomic E-state index is 3.45. The zero-order valence-electron chi connectivity index (χ0n) is 13.6. The molecule has 0 aromatic heterocycles. The third-order valence-corrected chi connectivity index (χ3v) is 3.68. The van der Waals surface area contributed by atoms with Crippen LogP contribution in [0, 0.1) is 13.8 Å². The summed E-state index contributed by atoms with van der Waals surface area (Å²) in [6.45, 7) is 9.41. The summed E-state index contributed by atoms with van der Waals surface area (Å²) in [6, 6.07) is 13.3. The molecule has 0 unspecified atom stereocenters. The van der Waals surface area contributed by atoms with Crippen molar-refractivity contribution in [3.8, 4) is 0 Å². The summed E-state index contributed by atoms with van der Waals surface area (Å²) < 4.78 is 0. The van der Waals surface area contributed by atoms with Crippen LogP contribution in [0.4, 0.5) is 11.4 Å². The van der Waals surface area contributed by atoms with Crippen molar-refractivity contribution in [2.75, 3.05) is 17.3 Å². The maximum Gasteiger partial charge on any atom is 0.0849 e. The summed E-state index contributed by atoms with van der Waals surface area (Å²) in [5, 5.41) is 6.91. The van der Waals surface area contributed by atoms with E-state index in [4.69, 9.17) is 0 Å². The van der Waals surface area contributed by atoms with Crippen LogP contribution in [0.3, 0.4) is 0 Å². The van der Waals surface area contributed by atoms with Crippen LogP contribution in [-0.2, 0) is 12.8 Å². The van der Waals surface area contributed by atoms with Crippen molar-refractivity contribution in [1.29, 1.82) is 0 Å². The Morgan fingerprint density at radius 3 is 1.48 bits per heavy atom. The normalized spacial score (nSPS) is 10.5. The molecule has 0 amide bonds. The van der Waals surface area contributed by atoms with Crippen LogP contribution in [0.5, 0.6) is 0 Å². The van der Waals surface area contributed by atoms with E-state index in [1.165, 1.54) is 33.6 Å². The van der Waals surface area contributed by atoms with Crippen molar-refractivity contribution >= 4 is 11.4 Å². The Balaban J connectivity index is 1.98. The van der Waals surface area contributed by atoms with Crippen LogP contribution in [-0.4, -0.2) is 6.67 Å². The Morgan fingerprint density at radius 1 is 0.667 bits per heavy atom. The van der Waals surface area contributed by atoms with Crippen molar-refractivity contribution in [3.63, 3.8) is 0 Å². The molecule has 2 nitrogen and oxygen atoms in total. The van der Waals surface area contributed by atoms with E-state index in [9.17, 15) is 0 Å². The van der Waals surface area contributed by atoms with Gasteiger partial charge in [-0.25, -0.2) is 0 Å². The second-order valence-electron chi connectivity index (χ2n) is 5.65. The molecule has 0 bridgehead atoms. The first kappa shape index (κ1) is 15.4. The summed E-state index contributed by atoms with van der Waals surface area (Å²) in [7, 11) is 0. The predicted octanol–water partition coefficient (Wildman–Crippen LogP) is 4.91. The summed E-state index contributed by atoms with van der Waals surface area (Å²) in [5.41, 5.74) is 7.73. The Bertz CT molecular complexity index is 549. The number of hydrogen-bond donors (Lipinski definition) is 2. The zero-order valence-corrected chi connectivity index (χ0v) is 13.6. The van der Waals surface area contributed by atoms with Crippen LogP contribution in [0.15, 0.2) is 36.4 Å². The number of anilines is 2. The van der Waals surface area contributed by atoms with E-state index in [2.05, 4.69) is 74.7 Å². The Kier molecular flexibility index (Phi) is 5.26. The highest BCUT2D eigenvalue weighted by molar-refractivity contribution is 5.52. The highest BCUT2D eigenvalue weighted by Crippen LogP contribution is 2.17. The SMILES string of the molecule is CCc1cc(C)cc(NCNc2cc(C)cc(CC)c2)c1. The van der Waals surface area contributed by atoms with E-state index in [1.807, 2.05) is 0 Å². The first-order valence-electron chi connectivity index (χ1n) is 7.79. The van der Waals surface area contributed by atoms with Gasteiger partial charge in [0, 0.05) is 11.4 Å². The fourth-order valence-corrected chi connectivity index (χ4v) is 2.59. The molecule has 0 aliphatic carbocycles. The smallest absolute Gasteiger partial charge is 0.0849 e. The monoisotopic (exact) mass is 282 g/mol. The molecule has 2 aromatic rings. The fraction of sp³-hybridized carbons (Fsp3) is 0.368. The molecule has 0 atom stereocenters. The molecule has 0 aliphatic heterocycles. The summed E-state index contributed by atoms with van der Waals surface area (Å²) >= 11 is 0. The molecule has 112 valence electrons. The Labute approximate surface area is 128 Å². The van der Waals surface area contributed by atoms with Crippen LogP contribution in [0.25, 0.3) is 0 Å². The minimum absolute atomic E-state index is 0.735. The van der Waals surface area contributed by atoms with Crippen LogP contribution in [0.1, 0.15) is 36.1 Å². The first-order chi connectivity index (χ1) is 10.1. The molecule has 0 heterocycles. The van der Waals surface area contributed by atoms with Gasteiger partial charge in [0.15, 0.2) is 0 Å². The van der Waals surface area contributed by atoms with E-state index < -0.39 is 0 Å². The predicted molar refractivity (Wildman–Crippen MR) is 93.2 cm³/mol. The van der Waals surface area contributed by atoms with Gasteiger partial charge < -0.3 is 10.6 Å². The molecule has 2 N–H and O–H groups in total. The van der Waals surface area contributed by atoms with Gasteiger partial charge in [-0.3, -0.25) is 0 Å². The van der Waals surface area contributed by atoms with E-state index >= 15 is 0 Å². The number of rotatable bonds is 6. The molecule has 0 radical (unpaired) electrons. The molecule has 0 saturated heterocycles. The molecular formula is C19H26N2. The number of benzene rings is 2. The number of aryl methyl sites for hydroxylation is 4. The van der Waals surface area contributed by atoms with Gasteiger partial charge in [0.1, 0.15) is 0 Å². The van der Waals surface area contributed by atoms with Gasteiger partial charge in [0.2, 0.25) is 0 Å². The molecule has 2 heteroatoms. The Hall–Kier alpha value is -1.96. The van der Waals surface area contributed by atoms with Crippen molar-refractivity contribution in [2.45, 2.75) is 40.5 Å². The molecule has 0 aliphatic rings. The second kappa shape index (κ2) is 7.16. The van der Waals surface area contributed by atoms with Crippen LogP contribution < -0.4 is 10.6 Å². The second-order valence-corrected chi connectivity index (χ2v) is 5.65. The quantitative estimate of drug-likeness (QED) is 0.736. The average molecular weight is 282 g/mol. The molecule has 2 rings (SSSR count). The molecule has 0 saturated carbocycles. The lowest BCUT2D eigenvalue weighted by atomic mass is 10.1. The van der Waals surface area contributed by atoms with Gasteiger partial charge in [-0.15, -0.1) is 0 Å². The van der Waals surface area contributed by atoms with Gasteiger partial charge in [0.25, 0.3) is 0 Å². The maximum atomic E-state index is 3.45. The van der Waals surface area contributed by atoms with Crippen molar-refractivity contribution in [1.82, 2.24) is 0 Å². The minimum atomic E-state index is 0.735. The zero-order chi connectivity index (χ0) is 15.2. The standard InChI is InChI=1S/C19H26N2/c1-5-16-7-14(3)9-18(11-16)20-13-21-19-10-15(4)8-17(6-2)12-19/h7-12,20-21H,5-6,13H2,1-4H3. The van der Waals surface area contributed by atoms with Crippen LogP contribution in [0.2, 0.25) is 0 Å². The average Bonchev–Trinajstić information content (AvgIpc) is 2.46.